The molecule has 2 aromatic carbocycles. The van der Waals surface area contributed by atoms with Crippen LogP contribution in [0.15, 0.2) is 81.3 Å². The van der Waals surface area contributed by atoms with Gasteiger partial charge in [-0.2, -0.15) is 16.4 Å². The fourth-order valence-corrected chi connectivity index (χ4v) is 5.84. The van der Waals surface area contributed by atoms with Crippen LogP contribution in [0.1, 0.15) is 50.4 Å². The maximum atomic E-state index is 12.7. The molecule has 1 saturated heterocycles. The summed E-state index contributed by atoms with van der Waals surface area (Å²) in [5.74, 6) is 13.3. The highest BCUT2D eigenvalue weighted by Gasteiger charge is 2.34. The van der Waals surface area contributed by atoms with E-state index in [9.17, 15) is 4.79 Å². The van der Waals surface area contributed by atoms with Crippen molar-refractivity contribution >= 4 is 28.2 Å². The molecule has 35 heavy (non-hydrogen) atoms. The maximum absolute atomic E-state index is 12.7. The van der Waals surface area contributed by atoms with Crippen molar-refractivity contribution in [3.8, 4) is 0 Å². The van der Waals surface area contributed by atoms with Gasteiger partial charge < -0.3 is 10.8 Å². The van der Waals surface area contributed by atoms with Gasteiger partial charge >= 0.3 is 5.69 Å². The Bertz CT molecular complexity index is 1340. The topological polar surface area (TPSA) is 109 Å². The van der Waals surface area contributed by atoms with E-state index < -0.39 is 0 Å². The van der Waals surface area contributed by atoms with Crippen LogP contribution in [0, 0.1) is 0 Å². The van der Waals surface area contributed by atoms with Crippen LogP contribution < -0.4 is 17.4 Å². The average molecular weight is 492 g/mol. The zero-order chi connectivity index (χ0) is 24.4. The largest absolute Gasteiger partial charge is 0.326 e. The molecule has 0 saturated carbocycles. The number of imidazole rings is 1. The number of aromatic amines is 1. The van der Waals surface area contributed by atoms with E-state index in [2.05, 4.69) is 50.9 Å². The maximum Gasteiger partial charge on any atom is 0.326 e. The minimum atomic E-state index is -0.164. The molecule has 0 amide bonds. The van der Waals surface area contributed by atoms with Gasteiger partial charge in [0.05, 0.1) is 23.1 Å². The van der Waals surface area contributed by atoms with Gasteiger partial charge in [0.1, 0.15) is 0 Å². The normalized spacial score (nSPS) is 17.5. The predicted octanol–water partition coefficient (Wildman–Crippen LogP) is 4.22. The lowest BCUT2D eigenvalue weighted by Gasteiger charge is -2.40. The van der Waals surface area contributed by atoms with Gasteiger partial charge in [0, 0.05) is 20.6 Å². The fourth-order valence-electron chi connectivity index (χ4n) is 5.16. The van der Waals surface area contributed by atoms with E-state index in [1.54, 1.807) is 16.3 Å². The number of hydrogen-bond acceptors (Lipinski definition) is 6. The third-order valence-electron chi connectivity index (χ3n) is 7.05. The lowest BCUT2D eigenvalue weighted by atomic mass is 9.98. The number of nitrogens with zero attached hydrogens (tertiary/aromatic N) is 4. The van der Waals surface area contributed by atoms with Gasteiger partial charge in [0.25, 0.3) is 0 Å². The molecule has 1 fully saturated rings. The standard InChI is InChI=1S/C26H31N7OS.H2/c1-18(19-7-3-2-4-8-19)33(28)25(30-27)24(20-13-16-35-17-20)31-14-11-21(12-15-31)32-23-10-6-5-9-22(23)29-26(32)34;/h2-10,13,16-18,21,24H,11-12,14-15,27-28H2,1H3,(H,29,34);1H/b30-25-;/t18-,24+;/m0./s1. The van der Waals surface area contributed by atoms with E-state index in [0.29, 0.717) is 5.84 Å². The number of hydrazone groups is 1. The highest BCUT2D eigenvalue weighted by molar-refractivity contribution is 7.08. The van der Waals surface area contributed by atoms with Crippen molar-refractivity contribution in [3.63, 3.8) is 0 Å². The summed E-state index contributed by atoms with van der Waals surface area (Å²) in [5, 5.41) is 10.1. The Morgan fingerprint density at radius 2 is 1.83 bits per heavy atom. The minimum absolute atomic E-state index is 0. The van der Waals surface area contributed by atoms with Crippen LogP contribution in [0.25, 0.3) is 11.0 Å². The molecule has 0 bridgehead atoms. The number of rotatable bonds is 6. The predicted molar refractivity (Wildman–Crippen MR) is 144 cm³/mol. The first kappa shape index (κ1) is 23.3. The minimum Gasteiger partial charge on any atom is -0.321 e. The smallest absolute Gasteiger partial charge is 0.321 e. The van der Waals surface area contributed by atoms with Crippen molar-refractivity contribution in [1.82, 2.24) is 19.5 Å². The quantitative estimate of drug-likeness (QED) is 0.162. The first-order chi connectivity index (χ1) is 17.1. The number of nitrogens with two attached hydrogens (primary N) is 2. The second-order valence-corrected chi connectivity index (χ2v) is 9.80. The summed E-state index contributed by atoms with van der Waals surface area (Å²) < 4.78 is 1.91. The molecular formula is C26H33N7OS. The molecule has 0 radical (unpaired) electrons. The Hall–Kier alpha value is -3.40. The van der Waals surface area contributed by atoms with Crippen molar-refractivity contribution in [1.29, 1.82) is 0 Å². The number of thiophene rings is 1. The second-order valence-electron chi connectivity index (χ2n) is 9.02. The van der Waals surface area contributed by atoms with Gasteiger partial charge in [-0.05, 0) is 59.9 Å². The van der Waals surface area contributed by atoms with Crippen LogP contribution in [0.4, 0.5) is 0 Å². The van der Waals surface area contributed by atoms with Crippen LogP contribution in [-0.2, 0) is 0 Å². The van der Waals surface area contributed by atoms with Crippen molar-refractivity contribution in [3.05, 3.63) is 93.0 Å². The summed E-state index contributed by atoms with van der Waals surface area (Å²) in [6, 6.07) is 20.0. The SMILES string of the molecule is C[C@@H](c1ccccc1)N(N)/C(=N\N)[C@@H](c1ccsc1)N1CCC(n2c(=O)[nH]c3ccccc32)CC1.[HH]. The second kappa shape index (κ2) is 10.1. The monoisotopic (exact) mass is 491 g/mol. The highest BCUT2D eigenvalue weighted by atomic mass is 32.1. The Labute approximate surface area is 209 Å². The van der Waals surface area contributed by atoms with E-state index in [4.69, 9.17) is 11.7 Å². The summed E-state index contributed by atoms with van der Waals surface area (Å²) >= 11 is 1.65. The molecule has 1 aliphatic heterocycles. The van der Waals surface area contributed by atoms with Gasteiger partial charge in [0.2, 0.25) is 0 Å². The van der Waals surface area contributed by atoms with E-state index in [1.165, 1.54) is 0 Å². The molecule has 2 atom stereocenters. The lowest BCUT2D eigenvalue weighted by molar-refractivity contribution is 0.154. The number of likely N-dealkylation sites (tertiary alicyclic amines) is 1. The number of piperidine rings is 1. The Morgan fingerprint density at radius 3 is 2.51 bits per heavy atom. The van der Waals surface area contributed by atoms with E-state index in [-0.39, 0.29) is 25.2 Å². The number of para-hydroxylation sites is 2. The van der Waals surface area contributed by atoms with Crippen molar-refractivity contribution in [2.24, 2.45) is 16.8 Å². The zero-order valence-electron chi connectivity index (χ0n) is 19.7. The van der Waals surface area contributed by atoms with E-state index in [0.717, 1.165) is 48.1 Å². The Morgan fingerprint density at radius 1 is 1.11 bits per heavy atom. The molecule has 5 N–H and O–H groups in total. The summed E-state index contributed by atoms with van der Waals surface area (Å²) in [6.07, 6.45) is 1.69. The molecule has 0 unspecified atom stereocenters. The number of H-pyrrole nitrogens is 1. The molecule has 2 aromatic heterocycles. The fraction of sp³-hybridized carbons (Fsp3) is 0.308. The van der Waals surface area contributed by atoms with Crippen LogP contribution >= 0.6 is 11.3 Å². The van der Waals surface area contributed by atoms with Gasteiger partial charge in [-0.1, -0.05) is 42.5 Å². The molecule has 0 spiro atoms. The Kier molecular flexibility index (Phi) is 6.72. The molecular weight excluding hydrogens is 458 g/mol. The number of amidine groups is 1. The molecule has 5 rings (SSSR count). The van der Waals surface area contributed by atoms with E-state index >= 15 is 0 Å². The van der Waals surface area contributed by atoms with Gasteiger partial charge in [-0.25, -0.2) is 10.6 Å². The molecule has 4 aromatic rings. The molecule has 8 nitrogen and oxygen atoms in total. The Balaban J connectivity index is 0.00000304. The first-order valence-electron chi connectivity index (χ1n) is 11.9. The van der Waals surface area contributed by atoms with Crippen molar-refractivity contribution in [2.45, 2.75) is 37.9 Å². The van der Waals surface area contributed by atoms with Gasteiger partial charge in [-0.3, -0.25) is 14.5 Å². The summed E-state index contributed by atoms with van der Waals surface area (Å²) in [4.78, 5) is 18.1. The van der Waals surface area contributed by atoms with Crippen LogP contribution in [0.2, 0.25) is 0 Å². The average Bonchev–Trinajstić information content (AvgIpc) is 3.54. The third kappa shape index (κ3) is 4.50. The van der Waals surface area contributed by atoms with Crippen LogP contribution in [-0.4, -0.2) is 38.4 Å². The number of hydrogen-bond donors (Lipinski definition) is 3. The van der Waals surface area contributed by atoms with Gasteiger partial charge in [-0.15, -0.1) is 0 Å². The third-order valence-corrected chi connectivity index (χ3v) is 7.75. The van der Waals surface area contributed by atoms with Crippen molar-refractivity contribution < 1.29 is 1.43 Å². The summed E-state index contributed by atoms with van der Waals surface area (Å²) in [7, 11) is 0. The number of benzene rings is 2. The first-order valence-corrected chi connectivity index (χ1v) is 12.8. The summed E-state index contributed by atoms with van der Waals surface area (Å²) in [5.41, 5.74) is 4.00. The van der Waals surface area contributed by atoms with Crippen molar-refractivity contribution in [2.75, 3.05) is 13.1 Å². The lowest BCUT2D eigenvalue weighted by Crippen LogP contribution is -2.50. The number of aromatic nitrogens is 2. The van der Waals surface area contributed by atoms with Crippen LogP contribution in [0.3, 0.4) is 0 Å². The zero-order valence-corrected chi connectivity index (χ0v) is 20.6. The van der Waals surface area contributed by atoms with E-state index in [1.807, 2.05) is 47.0 Å². The molecule has 0 aliphatic carbocycles. The molecule has 9 heteroatoms. The van der Waals surface area contributed by atoms with Gasteiger partial charge in [0.15, 0.2) is 5.84 Å². The summed E-state index contributed by atoms with van der Waals surface area (Å²) in [6.45, 7) is 3.65. The molecule has 1 aliphatic rings. The number of hydrazine groups is 1. The highest BCUT2D eigenvalue weighted by Crippen LogP contribution is 2.33. The molecule has 184 valence electrons. The molecule has 3 heterocycles. The van der Waals surface area contributed by atoms with Crippen LogP contribution in [0.5, 0.6) is 0 Å². The number of nitrogens with one attached hydrogen (secondary N) is 1. The number of fused-ring (bicyclic) bond motifs is 1.